The lowest BCUT2D eigenvalue weighted by Gasteiger charge is -2.58. The van der Waals surface area contributed by atoms with Crippen molar-refractivity contribution >= 4 is 23.3 Å². The van der Waals surface area contributed by atoms with Crippen LogP contribution in [0, 0.1) is 33.2 Å². The van der Waals surface area contributed by atoms with E-state index in [4.69, 9.17) is 4.74 Å². The molecule has 3 unspecified atom stereocenters. The lowest BCUT2D eigenvalue weighted by molar-refractivity contribution is -0.387. The molecule has 4 fully saturated rings. The first-order valence-electron chi connectivity index (χ1n) is 9.77. The Morgan fingerprint density at radius 2 is 1.97 bits per heavy atom. The van der Waals surface area contributed by atoms with Crippen LogP contribution < -0.4 is 5.32 Å². The first kappa shape index (κ1) is 19.8. The Kier molecular flexibility index (Phi) is 4.60. The summed E-state index contributed by atoms with van der Waals surface area (Å²) >= 11 is 0. The van der Waals surface area contributed by atoms with Crippen LogP contribution in [-0.4, -0.2) is 33.6 Å². The molecule has 0 heterocycles. The quantitative estimate of drug-likeness (QED) is 0.441. The monoisotopic (exact) mass is 406 g/mol. The average Bonchev–Trinajstić information content (AvgIpc) is 2.60. The molecular formula is C20H23FN2O6. The maximum absolute atomic E-state index is 13.4. The summed E-state index contributed by atoms with van der Waals surface area (Å²) in [5.74, 6) is -1.54. The molecule has 2 N–H and O–H groups in total. The normalized spacial score (nSPS) is 33.2. The molecule has 1 aromatic rings. The minimum absolute atomic E-state index is 0.0371. The zero-order valence-electron chi connectivity index (χ0n) is 16.0. The van der Waals surface area contributed by atoms with Crippen LogP contribution in [-0.2, 0) is 14.3 Å². The fourth-order valence-electron chi connectivity index (χ4n) is 5.77. The van der Waals surface area contributed by atoms with E-state index in [9.17, 15) is 29.2 Å². The summed E-state index contributed by atoms with van der Waals surface area (Å²) in [4.78, 5) is 35.3. The summed E-state index contributed by atoms with van der Waals surface area (Å²) in [6.07, 6.45) is 3.04. The SMILES string of the molecule is CC(OC(=O)C12CC3CC(CC(O)(C3)C1)C2)C(=O)Nc1ccc(F)c([N+](=O)[O-])c1. The van der Waals surface area contributed by atoms with E-state index in [2.05, 4.69) is 5.32 Å². The highest BCUT2D eigenvalue weighted by atomic mass is 19.1. The van der Waals surface area contributed by atoms with Gasteiger partial charge in [0.05, 0.1) is 15.9 Å². The average molecular weight is 406 g/mol. The van der Waals surface area contributed by atoms with E-state index in [0.29, 0.717) is 31.1 Å². The Labute approximate surface area is 166 Å². The van der Waals surface area contributed by atoms with Crippen LogP contribution in [0.5, 0.6) is 0 Å². The highest BCUT2D eigenvalue weighted by Gasteiger charge is 2.61. The number of ether oxygens (including phenoxy) is 1. The van der Waals surface area contributed by atoms with Gasteiger partial charge < -0.3 is 15.2 Å². The van der Waals surface area contributed by atoms with Crippen molar-refractivity contribution in [2.24, 2.45) is 17.3 Å². The number of carbonyl (C=O) groups excluding carboxylic acids is 2. The summed E-state index contributed by atoms with van der Waals surface area (Å²) in [5, 5.41) is 24.0. The van der Waals surface area contributed by atoms with Crippen LogP contribution in [0.25, 0.3) is 0 Å². The molecule has 1 amide bonds. The third-order valence-corrected chi connectivity index (χ3v) is 6.53. The van der Waals surface area contributed by atoms with E-state index in [1.807, 2.05) is 0 Å². The predicted octanol–water partition coefficient (Wildman–Crippen LogP) is 2.94. The maximum atomic E-state index is 13.4. The molecule has 0 radical (unpaired) electrons. The fraction of sp³-hybridized carbons (Fsp3) is 0.600. The summed E-state index contributed by atoms with van der Waals surface area (Å²) in [6.45, 7) is 1.42. The van der Waals surface area contributed by atoms with E-state index >= 15 is 0 Å². The van der Waals surface area contributed by atoms with Crippen LogP contribution in [0.1, 0.15) is 45.4 Å². The molecule has 29 heavy (non-hydrogen) atoms. The molecule has 3 atom stereocenters. The molecular weight excluding hydrogens is 383 g/mol. The molecule has 9 heteroatoms. The van der Waals surface area contributed by atoms with Gasteiger partial charge in [-0.1, -0.05) is 0 Å². The molecule has 4 bridgehead atoms. The first-order valence-corrected chi connectivity index (χ1v) is 9.77. The highest BCUT2D eigenvalue weighted by molar-refractivity contribution is 5.95. The van der Waals surface area contributed by atoms with Crippen LogP contribution in [0.4, 0.5) is 15.8 Å². The number of nitrogens with zero attached hydrogens (tertiary/aromatic N) is 1. The van der Waals surface area contributed by atoms with Crippen LogP contribution in [0.15, 0.2) is 18.2 Å². The molecule has 1 aromatic carbocycles. The van der Waals surface area contributed by atoms with Gasteiger partial charge in [-0.15, -0.1) is 0 Å². The first-order chi connectivity index (χ1) is 13.6. The fourth-order valence-corrected chi connectivity index (χ4v) is 5.77. The van der Waals surface area contributed by atoms with Crippen LogP contribution in [0.2, 0.25) is 0 Å². The number of hydrogen-bond acceptors (Lipinski definition) is 6. The number of benzene rings is 1. The Hall–Kier alpha value is -2.55. The van der Waals surface area contributed by atoms with E-state index in [0.717, 1.165) is 31.4 Å². The molecule has 4 aliphatic carbocycles. The lowest BCUT2D eigenvalue weighted by Crippen LogP contribution is -2.59. The van der Waals surface area contributed by atoms with Gasteiger partial charge in [-0.3, -0.25) is 19.7 Å². The zero-order valence-corrected chi connectivity index (χ0v) is 16.0. The van der Waals surface area contributed by atoms with E-state index in [1.165, 1.54) is 13.0 Å². The van der Waals surface area contributed by atoms with Crippen molar-refractivity contribution in [1.29, 1.82) is 0 Å². The van der Waals surface area contributed by atoms with Crippen molar-refractivity contribution in [1.82, 2.24) is 0 Å². The number of nitrogens with one attached hydrogen (secondary N) is 1. The largest absolute Gasteiger partial charge is 0.452 e. The lowest BCUT2D eigenvalue weighted by atomic mass is 9.48. The van der Waals surface area contributed by atoms with E-state index < -0.39 is 45.4 Å². The Morgan fingerprint density at radius 3 is 2.55 bits per heavy atom. The number of amides is 1. The number of nitro benzene ring substituents is 1. The molecule has 0 aromatic heterocycles. The van der Waals surface area contributed by atoms with Gasteiger partial charge in [-0.2, -0.15) is 4.39 Å². The smallest absolute Gasteiger partial charge is 0.312 e. The van der Waals surface area contributed by atoms with Crippen LogP contribution in [0.3, 0.4) is 0 Å². The number of esters is 1. The van der Waals surface area contributed by atoms with Gasteiger partial charge >= 0.3 is 11.7 Å². The molecule has 8 nitrogen and oxygen atoms in total. The Bertz CT molecular complexity index is 874. The van der Waals surface area contributed by atoms with Gasteiger partial charge in [0.2, 0.25) is 5.82 Å². The second-order valence-corrected chi connectivity index (χ2v) is 8.93. The van der Waals surface area contributed by atoms with E-state index in [1.54, 1.807) is 0 Å². The highest BCUT2D eigenvalue weighted by Crippen LogP contribution is 2.62. The van der Waals surface area contributed by atoms with Gasteiger partial charge in [0.15, 0.2) is 6.10 Å². The minimum Gasteiger partial charge on any atom is -0.452 e. The number of nitro groups is 1. The van der Waals surface area contributed by atoms with E-state index in [-0.39, 0.29) is 5.69 Å². The third kappa shape index (κ3) is 3.59. The molecule has 4 saturated carbocycles. The minimum atomic E-state index is -1.13. The molecule has 0 aliphatic heterocycles. The maximum Gasteiger partial charge on any atom is 0.312 e. The molecule has 4 aliphatic rings. The van der Waals surface area contributed by atoms with Gasteiger partial charge in [-0.05, 0) is 69.4 Å². The Morgan fingerprint density at radius 1 is 1.31 bits per heavy atom. The van der Waals surface area contributed by atoms with Gasteiger partial charge in [0, 0.05) is 11.8 Å². The number of aliphatic hydroxyl groups is 1. The number of anilines is 1. The number of hydrogen-bond donors (Lipinski definition) is 2. The standard InChI is InChI=1S/C20H23FN2O6/c1-11(17(24)22-14-2-3-15(21)16(5-14)23(27)28)29-18(25)19-6-12-4-13(7-19)9-20(26,8-12)10-19/h2-3,5,11-13,26H,4,6-10H2,1H3,(H,22,24). The van der Waals surface area contributed by atoms with Gasteiger partial charge in [0.25, 0.3) is 5.91 Å². The van der Waals surface area contributed by atoms with Gasteiger partial charge in [-0.25, -0.2) is 0 Å². The number of rotatable bonds is 5. The third-order valence-electron chi connectivity index (χ3n) is 6.53. The van der Waals surface area contributed by atoms with Gasteiger partial charge in [0.1, 0.15) is 0 Å². The van der Waals surface area contributed by atoms with Crippen molar-refractivity contribution in [2.45, 2.75) is 57.2 Å². The molecule has 5 rings (SSSR count). The number of carbonyl (C=O) groups is 2. The second-order valence-electron chi connectivity index (χ2n) is 8.93. The zero-order chi connectivity index (χ0) is 21.0. The summed E-state index contributed by atoms with van der Waals surface area (Å²) < 4.78 is 18.9. The van der Waals surface area contributed by atoms with Crippen molar-refractivity contribution in [3.63, 3.8) is 0 Å². The van der Waals surface area contributed by atoms with Crippen molar-refractivity contribution in [3.8, 4) is 0 Å². The Balaban J connectivity index is 1.42. The van der Waals surface area contributed by atoms with Crippen LogP contribution >= 0.6 is 0 Å². The van der Waals surface area contributed by atoms with Crippen molar-refractivity contribution < 1.29 is 28.7 Å². The van der Waals surface area contributed by atoms with Crippen molar-refractivity contribution in [3.05, 3.63) is 34.1 Å². The molecule has 156 valence electrons. The topological polar surface area (TPSA) is 119 Å². The number of halogens is 1. The second kappa shape index (κ2) is 6.76. The van der Waals surface area contributed by atoms with Crippen molar-refractivity contribution in [2.75, 3.05) is 5.32 Å². The molecule has 0 saturated heterocycles. The summed E-state index contributed by atoms with van der Waals surface area (Å²) in [7, 11) is 0. The molecule has 0 spiro atoms. The summed E-state index contributed by atoms with van der Waals surface area (Å²) in [6, 6.07) is 3.00. The summed E-state index contributed by atoms with van der Waals surface area (Å²) in [5.41, 5.74) is -2.28. The predicted molar refractivity (Wildman–Crippen MR) is 99.3 cm³/mol.